The molecule has 0 bridgehead atoms. The number of hydrogen-bond acceptors (Lipinski definition) is 3. The van der Waals surface area contributed by atoms with Crippen LogP contribution in [-0.4, -0.2) is 15.9 Å². The van der Waals surface area contributed by atoms with Crippen molar-refractivity contribution in [2.45, 2.75) is 13.8 Å². The Kier molecular flexibility index (Phi) is 4.48. The molecule has 0 spiro atoms. The van der Waals surface area contributed by atoms with Gasteiger partial charge in [-0.1, -0.05) is 34.8 Å². The lowest BCUT2D eigenvalue weighted by Crippen LogP contribution is -2.14. The van der Waals surface area contributed by atoms with Gasteiger partial charge in [0, 0.05) is 11.3 Å². The fourth-order valence-corrected chi connectivity index (χ4v) is 2.24. The van der Waals surface area contributed by atoms with Gasteiger partial charge in [-0.05, 0) is 32.0 Å². The van der Waals surface area contributed by atoms with Gasteiger partial charge in [0.2, 0.25) is 0 Å². The molecule has 0 aromatic carbocycles. The Morgan fingerprint density at radius 3 is 2.40 bits per heavy atom. The van der Waals surface area contributed by atoms with Gasteiger partial charge in [0.05, 0.1) is 15.7 Å². The zero-order valence-electron chi connectivity index (χ0n) is 10.7. The van der Waals surface area contributed by atoms with Crippen LogP contribution in [0.5, 0.6) is 0 Å². The first-order chi connectivity index (χ1) is 9.36. The number of halogens is 3. The van der Waals surface area contributed by atoms with Gasteiger partial charge in [0.25, 0.3) is 5.91 Å². The number of nitrogens with zero attached hydrogens (tertiary/aromatic N) is 2. The molecule has 0 aliphatic rings. The van der Waals surface area contributed by atoms with E-state index in [0.29, 0.717) is 22.0 Å². The van der Waals surface area contributed by atoms with Crippen LogP contribution in [0.2, 0.25) is 15.2 Å². The molecule has 2 heterocycles. The third kappa shape index (κ3) is 3.39. The molecule has 0 fully saturated rings. The molecule has 0 unspecified atom stereocenters. The summed E-state index contributed by atoms with van der Waals surface area (Å²) in [4.78, 5) is 20.3. The van der Waals surface area contributed by atoms with Crippen molar-refractivity contribution in [2.75, 3.05) is 5.32 Å². The number of rotatable bonds is 2. The summed E-state index contributed by atoms with van der Waals surface area (Å²) in [6.07, 6.45) is 0. The molecule has 0 radical (unpaired) electrons. The van der Waals surface area contributed by atoms with Crippen LogP contribution in [0.15, 0.2) is 18.2 Å². The highest BCUT2D eigenvalue weighted by Crippen LogP contribution is 2.26. The van der Waals surface area contributed by atoms with Gasteiger partial charge in [0.1, 0.15) is 5.15 Å². The highest BCUT2D eigenvalue weighted by molar-refractivity contribution is 6.36. The van der Waals surface area contributed by atoms with E-state index in [-0.39, 0.29) is 21.9 Å². The van der Waals surface area contributed by atoms with Gasteiger partial charge in [0.15, 0.2) is 5.82 Å². The second kappa shape index (κ2) is 5.95. The van der Waals surface area contributed by atoms with Gasteiger partial charge in [-0.3, -0.25) is 4.79 Å². The molecule has 0 saturated carbocycles. The van der Waals surface area contributed by atoms with Crippen molar-refractivity contribution < 1.29 is 4.79 Å². The van der Waals surface area contributed by atoms with E-state index in [0.717, 1.165) is 0 Å². The number of aryl methyl sites for hydroxylation is 2. The van der Waals surface area contributed by atoms with Gasteiger partial charge in [-0.15, -0.1) is 0 Å². The average molecular weight is 331 g/mol. The molecule has 0 aliphatic heterocycles. The number of carbonyl (C=O) groups excluding carboxylic acids is 1. The molecule has 0 atom stereocenters. The lowest BCUT2D eigenvalue weighted by molar-refractivity contribution is 0.102. The van der Waals surface area contributed by atoms with E-state index in [1.807, 2.05) is 0 Å². The van der Waals surface area contributed by atoms with Crippen molar-refractivity contribution in [3.8, 4) is 0 Å². The van der Waals surface area contributed by atoms with Gasteiger partial charge in [-0.25, -0.2) is 9.97 Å². The summed E-state index contributed by atoms with van der Waals surface area (Å²) in [6, 6.07) is 4.63. The normalized spacial score (nSPS) is 10.4. The summed E-state index contributed by atoms with van der Waals surface area (Å²) in [5, 5.41) is 3.58. The number of aromatic nitrogens is 2. The summed E-state index contributed by atoms with van der Waals surface area (Å²) in [5.41, 5.74) is 1.61. The molecule has 2 aromatic rings. The maximum absolute atomic E-state index is 12.1. The van der Waals surface area contributed by atoms with Crippen molar-refractivity contribution in [3.63, 3.8) is 0 Å². The van der Waals surface area contributed by atoms with Gasteiger partial charge < -0.3 is 5.32 Å². The predicted octanol–water partition coefficient (Wildman–Crippen LogP) is 4.31. The van der Waals surface area contributed by atoms with Crippen LogP contribution in [-0.2, 0) is 0 Å². The highest BCUT2D eigenvalue weighted by Gasteiger charge is 2.13. The zero-order valence-corrected chi connectivity index (χ0v) is 12.9. The van der Waals surface area contributed by atoms with Crippen molar-refractivity contribution >= 4 is 46.5 Å². The second-order valence-electron chi connectivity index (χ2n) is 4.16. The quantitative estimate of drug-likeness (QED) is 0.835. The van der Waals surface area contributed by atoms with Crippen LogP contribution in [0.1, 0.15) is 21.7 Å². The third-order valence-corrected chi connectivity index (χ3v) is 3.39. The standard InChI is InChI=1S/C13H10Cl3N3O/c1-6-3-8(4-11(16)17-6)13(20)19-12-10(15)5-9(14)7(2)18-12/h3-5H,1-2H3,(H,18,19,20). The molecule has 7 heteroatoms. The lowest BCUT2D eigenvalue weighted by Gasteiger charge is -2.09. The van der Waals surface area contributed by atoms with E-state index < -0.39 is 0 Å². The molecular weight excluding hydrogens is 321 g/mol. The Morgan fingerprint density at radius 2 is 1.75 bits per heavy atom. The van der Waals surface area contributed by atoms with Crippen LogP contribution in [0, 0.1) is 13.8 Å². The van der Waals surface area contributed by atoms with E-state index >= 15 is 0 Å². The minimum atomic E-state index is -0.367. The fraction of sp³-hybridized carbons (Fsp3) is 0.154. The summed E-state index contributed by atoms with van der Waals surface area (Å²) < 4.78 is 0. The maximum Gasteiger partial charge on any atom is 0.257 e. The van der Waals surface area contributed by atoms with Crippen LogP contribution in [0.4, 0.5) is 5.82 Å². The molecule has 4 nitrogen and oxygen atoms in total. The average Bonchev–Trinajstić information content (AvgIpc) is 2.34. The molecule has 2 rings (SSSR count). The molecular formula is C13H10Cl3N3O. The van der Waals surface area contributed by atoms with Gasteiger partial charge >= 0.3 is 0 Å². The Labute approximate surface area is 131 Å². The van der Waals surface area contributed by atoms with Crippen molar-refractivity contribution in [1.82, 2.24) is 9.97 Å². The summed E-state index contributed by atoms with van der Waals surface area (Å²) in [6.45, 7) is 3.47. The number of carbonyl (C=O) groups is 1. The van der Waals surface area contributed by atoms with Crippen molar-refractivity contribution in [1.29, 1.82) is 0 Å². The van der Waals surface area contributed by atoms with E-state index in [2.05, 4.69) is 15.3 Å². The minimum Gasteiger partial charge on any atom is -0.305 e. The van der Waals surface area contributed by atoms with Crippen LogP contribution in [0.3, 0.4) is 0 Å². The topological polar surface area (TPSA) is 54.9 Å². The summed E-state index contributed by atoms with van der Waals surface area (Å²) in [5.74, 6) is -0.113. The SMILES string of the molecule is Cc1cc(C(=O)Nc2nc(C)c(Cl)cc2Cl)cc(Cl)n1. The largest absolute Gasteiger partial charge is 0.305 e. The molecule has 1 N–H and O–H groups in total. The molecule has 104 valence electrons. The van der Waals surface area contributed by atoms with Crippen molar-refractivity contribution in [2.24, 2.45) is 0 Å². The minimum absolute atomic E-state index is 0.251. The molecule has 1 amide bonds. The van der Waals surface area contributed by atoms with E-state index in [9.17, 15) is 4.79 Å². The van der Waals surface area contributed by atoms with Crippen molar-refractivity contribution in [3.05, 3.63) is 50.3 Å². The number of nitrogens with one attached hydrogen (secondary N) is 1. The zero-order chi connectivity index (χ0) is 14.9. The Hall–Kier alpha value is -1.36. The Balaban J connectivity index is 2.30. The van der Waals surface area contributed by atoms with Gasteiger partial charge in [-0.2, -0.15) is 0 Å². The first-order valence-corrected chi connectivity index (χ1v) is 6.78. The van der Waals surface area contributed by atoms with E-state index in [4.69, 9.17) is 34.8 Å². The first-order valence-electron chi connectivity index (χ1n) is 5.65. The van der Waals surface area contributed by atoms with Crippen LogP contribution >= 0.6 is 34.8 Å². The first kappa shape index (κ1) is 15.0. The molecule has 20 heavy (non-hydrogen) atoms. The number of pyridine rings is 2. The van der Waals surface area contributed by atoms with Crippen LogP contribution < -0.4 is 5.32 Å². The molecule has 0 saturated heterocycles. The monoisotopic (exact) mass is 329 g/mol. The lowest BCUT2D eigenvalue weighted by atomic mass is 10.2. The van der Waals surface area contributed by atoms with Crippen LogP contribution in [0.25, 0.3) is 0 Å². The Morgan fingerprint density at radius 1 is 1.05 bits per heavy atom. The van der Waals surface area contributed by atoms with E-state index in [1.165, 1.54) is 12.1 Å². The smallest absolute Gasteiger partial charge is 0.257 e. The predicted molar refractivity (Wildman–Crippen MR) is 80.9 cm³/mol. The second-order valence-corrected chi connectivity index (χ2v) is 5.36. The number of anilines is 1. The van der Waals surface area contributed by atoms with E-state index in [1.54, 1.807) is 19.9 Å². The molecule has 0 aliphatic carbocycles. The summed E-state index contributed by atoms with van der Waals surface area (Å²) in [7, 11) is 0. The Bertz CT molecular complexity index is 669. The maximum atomic E-state index is 12.1. The fourth-order valence-electron chi connectivity index (χ4n) is 1.59. The third-order valence-electron chi connectivity index (χ3n) is 2.52. The summed E-state index contributed by atoms with van der Waals surface area (Å²) >= 11 is 17.7. The number of amides is 1. The molecule has 2 aromatic heterocycles. The number of hydrogen-bond donors (Lipinski definition) is 1. The highest BCUT2D eigenvalue weighted by atomic mass is 35.5.